The minimum absolute atomic E-state index is 0.151. The molecule has 0 bridgehead atoms. The fourth-order valence-corrected chi connectivity index (χ4v) is 6.21. The quantitative estimate of drug-likeness (QED) is 0.831. The van der Waals surface area contributed by atoms with E-state index in [-0.39, 0.29) is 16.9 Å². The maximum Gasteiger partial charge on any atom is 0.213 e. The number of hydrogen-bond acceptors (Lipinski definition) is 5. The molecule has 1 N–H and O–H groups in total. The van der Waals surface area contributed by atoms with Crippen molar-refractivity contribution in [3.8, 4) is 11.4 Å². The van der Waals surface area contributed by atoms with Crippen LogP contribution in [0.1, 0.15) is 31.9 Å². The third kappa shape index (κ3) is 2.88. The number of nitrogens with one attached hydrogen (secondary N) is 1. The number of hydrogen-bond donors (Lipinski definition) is 1. The number of benzene rings is 1. The van der Waals surface area contributed by atoms with Gasteiger partial charge in [-0.2, -0.15) is 0 Å². The highest BCUT2D eigenvalue weighted by atomic mass is 32.2. The number of aromatic nitrogens is 1. The Morgan fingerprint density at radius 1 is 1.24 bits per heavy atom. The van der Waals surface area contributed by atoms with Crippen LogP contribution in [0.3, 0.4) is 0 Å². The van der Waals surface area contributed by atoms with Gasteiger partial charge in [0, 0.05) is 31.8 Å². The number of piperidine rings is 1. The molecule has 1 aromatic carbocycles. The van der Waals surface area contributed by atoms with Crippen molar-refractivity contribution in [3.05, 3.63) is 42.2 Å². The Morgan fingerprint density at radius 2 is 2.03 bits per heavy atom. The first-order valence-electron chi connectivity index (χ1n) is 10.2. The van der Waals surface area contributed by atoms with Gasteiger partial charge in [-0.1, -0.05) is 0 Å². The lowest BCUT2D eigenvalue weighted by Gasteiger charge is -2.41. The highest BCUT2D eigenvalue weighted by molar-refractivity contribution is 7.89. The van der Waals surface area contributed by atoms with E-state index in [4.69, 9.17) is 9.47 Å². The first-order chi connectivity index (χ1) is 13.9. The largest absolute Gasteiger partial charge is 0.497 e. The van der Waals surface area contributed by atoms with Gasteiger partial charge < -0.3 is 19.4 Å². The number of sulfonamides is 1. The molecule has 1 atom stereocenters. The lowest BCUT2D eigenvalue weighted by Crippen LogP contribution is -2.48. The van der Waals surface area contributed by atoms with E-state index in [1.54, 1.807) is 18.3 Å². The predicted octanol–water partition coefficient (Wildman–Crippen LogP) is 2.71. The molecule has 0 amide bonds. The van der Waals surface area contributed by atoms with Gasteiger partial charge in [-0.05, 0) is 44.0 Å². The van der Waals surface area contributed by atoms with E-state index in [0.29, 0.717) is 19.7 Å². The topological polar surface area (TPSA) is 72.8 Å². The predicted molar refractivity (Wildman–Crippen MR) is 111 cm³/mol. The molecular weight excluding hydrogens is 390 g/mol. The van der Waals surface area contributed by atoms with Gasteiger partial charge >= 0.3 is 0 Å². The Kier molecular flexibility index (Phi) is 4.24. The molecular formula is C21H27N3O4S. The molecule has 29 heavy (non-hydrogen) atoms. The molecule has 3 aliphatic heterocycles. The number of ether oxygens (including phenoxy) is 2. The van der Waals surface area contributed by atoms with Crippen molar-refractivity contribution in [2.24, 2.45) is 0 Å². The first kappa shape index (κ1) is 19.0. The molecule has 0 radical (unpaired) electrons. The van der Waals surface area contributed by atoms with Crippen LogP contribution in [-0.2, 0) is 20.3 Å². The molecule has 3 aliphatic rings. The van der Waals surface area contributed by atoms with Crippen molar-refractivity contribution >= 4 is 15.7 Å². The first-order valence-corrected chi connectivity index (χ1v) is 11.8. The summed E-state index contributed by atoms with van der Waals surface area (Å²) in [6.07, 6.45) is 4.36. The lowest BCUT2D eigenvalue weighted by molar-refractivity contribution is -0.0315. The molecule has 2 spiro atoms. The third-order valence-electron chi connectivity index (χ3n) is 6.72. The molecule has 0 aliphatic carbocycles. The van der Waals surface area contributed by atoms with E-state index in [1.165, 1.54) is 5.69 Å². The highest BCUT2D eigenvalue weighted by Crippen LogP contribution is 2.50. The van der Waals surface area contributed by atoms with Crippen molar-refractivity contribution in [3.63, 3.8) is 0 Å². The molecule has 2 saturated heterocycles. The molecule has 2 fully saturated rings. The molecule has 8 heteroatoms. The Labute approximate surface area is 171 Å². The molecule has 156 valence electrons. The Morgan fingerprint density at radius 3 is 2.76 bits per heavy atom. The van der Waals surface area contributed by atoms with Crippen molar-refractivity contribution < 1.29 is 17.9 Å². The number of anilines is 1. The van der Waals surface area contributed by atoms with Crippen molar-refractivity contribution in [1.82, 2.24) is 8.87 Å². The van der Waals surface area contributed by atoms with Gasteiger partial charge in [0.05, 0.1) is 42.1 Å². The van der Waals surface area contributed by atoms with Gasteiger partial charge in [-0.15, -0.1) is 0 Å². The van der Waals surface area contributed by atoms with Gasteiger partial charge in [-0.3, -0.25) is 0 Å². The lowest BCUT2D eigenvalue weighted by atomic mass is 9.80. The Balaban J connectivity index is 1.45. The van der Waals surface area contributed by atoms with E-state index in [0.717, 1.165) is 36.4 Å². The summed E-state index contributed by atoms with van der Waals surface area (Å²) in [7, 11) is -1.47. The van der Waals surface area contributed by atoms with Gasteiger partial charge in [0.25, 0.3) is 0 Å². The standard InChI is InChI=1S/C21H27N3O4S/c1-3-29(25,26)23-11-8-20(9-12-23)14-21(15-28-20)19-5-4-10-24(19)18-7-6-16(27-2)13-17(18)22-21/h4-7,10,13,22H,3,8-9,11-12,14-15H2,1-2H3. The average Bonchev–Trinajstić information content (AvgIpc) is 3.35. The van der Waals surface area contributed by atoms with Crippen molar-refractivity contribution in [2.75, 3.05) is 37.9 Å². The number of methoxy groups -OCH3 is 1. The number of fused-ring (bicyclic) bond motifs is 4. The zero-order valence-corrected chi connectivity index (χ0v) is 17.7. The number of rotatable bonds is 3. The fraction of sp³-hybridized carbons (Fsp3) is 0.524. The second-order valence-electron chi connectivity index (χ2n) is 8.30. The van der Waals surface area contributed by atoms with Crippen LogP contribution in [-0.4, -0.2) is 55.5 Å². The second kappa shape index (κ2) is 6.48. The van der Waals surface area contributed by atoms with E-state index in [9.17, 15) is 8.42 Å². The van der Waals surface area contributed by atoms with E-state index >= 15 is 0 Å². The Bertz CT molecular complexity index is 1040. The number of nitrogens with zero attached hydrogens (tertiary/aromatic N) is 2. The Hall–Kier alpha value is -2.03. The molecule has 0 saturated carbocycles. The van der Waals surface area contributed by atoms with Crippen LogP contribution < -0.4 is 10.1 Å². The summed E-state index contributed by atoms with van der Waals surface area (Å²) in [5.41, 5.74) is 2.70. The van der Waals surface area contributed by atoms with Gasteiger partial charge in [0.15, 0.2) is 0 Å². The molecule has 1 unspecified atom stereocenters. The summed E-state index contributed by atoms with van der Waals surface area (Å²) >= 11 is 0. The van der Waals surface area contributed by atoms with E-state index in [1.807, 2.05) is 12.1 Å². The van der Waals surface area contributed by atoms with Crippen molar-refractivity contribution in [1.29, 1.82) is 0 Å². The zero-order chi connectivity index (χ0) is 20.3. The molecule has 1 aromatic heterocycles. The summed E-state index contributed by atoms with van der Waals surface area (Å²) in [4.78, 5) is 0. The normalized spacial score (nSPS) is 25.6. The average molecular weight is 418 g/mol. The summed E-state index contributed by atoms with van der Waals surface area (Å²) in [6, 6.07) is 10.3. The van der Waals surface area contributed by atoms with Crippen molar-refractivity contribution in [2.45, 2.75) is 37.3 Å². The smallest absolute Gasteiger partial charge is 0.213 e. The third-order valence-corrected chi connectivity index (χ3v) is 8.60. The summed E-state index contributed by atoms with van der Waals surface area (Å²) in [6.45, 7) is 3.32. The highest BCUT2D eigenvalue weighted by Gasteiger charge is 2.54. The van der Waals surface area contributed by atoms with Crippen LogP contribution in [0.4, 0.5) is 5.69 Å². The molecule has 2 aromatic rings. The van der Waals surface area contributed by atoms with Crippen LogP contribution in [0.5, 0.6) is 5.75 Å². The van der Waals surface area contributed by atoms with Gasteiger partial charge in [-0.25, -0.2) is 12.7 Å². The minimum Gasteiger partial charge on any atom is -0.497 e. The summed E-state index contributed by atoms with van der Waals surface area (Å²) in [5.74, 6) is 0.965. The zero-order valence-electron chi connectivity index (χ0n) is 16.8. The summed E-state index contributed by atoms with van der Waals surface area (Å²) in [5, 5.41) is 3.76. The van der Waals surface area contributed by atoms with Crippen LogP contribution in [0.15, 0.2) is 36.5 Å². The van der Waals surface area contributed by atoms with Crippen LogP contribution in [0, 0.1) is 0 Å². The van der Waals surface area contributed by atoms with Crippen LogP contribution >= 0.6 is 0 Å². The molecule has 5 rings (SSSR count). The molecule has 4 heterocycles. The minimum atomic E-state index is -3.14. The van der Waals surface area contributed by atoms with E-state index < -0.39 is 10.0 Å². The fourth-order valence-electron chi connectivity index (χ4n) is 5.10. The maximum absolute atomic E-state index is 12.2. The van der Waals surface area contributed by atoms with Crippen LogP contribution in [0.25, 0.3) is 5.69 Å². The van der Waals surface area contributed by atoms with Gasteiger partial charge in [0.2, 0.25) is 10.0 Å². The SMILES string of the molecule is CCS(=O)(=O)N1CCC2(CC1)CC1(CO2)Nc2cc(OC)ccc2-n2cccc21. The summed E-state index contributed by atoms with van der Waals surface area (Å²) < 4.78 is 40.2. The van der Waals surface area contributed by atoms with E-state index in [2.05, 4.69) is 34.3 Å². The second-order valence-corrected chi connectivity index (χ2v) is 10.6. The monoisotopic (exact) mass is 417 g/mol. The van der Waals surface area contributed by atoms with Crippen LogP contribution in [0.2, 0.25) is 0 Å². The molecule has 7 nitrogen and oxygen atoms in total. The van der Waals surface area contributed by atoms with Gasteiger partial charge in [0.1, 0.15) is 11.3 Å². The maximum atomic E-state index is 12.2.